The zero-order valence-corrected chi connectivity index (χ0v) is 17.2. The van der Waals surface area contributed by atoms with Gasteiger partial charge in [-0.2, -0.15) is 0 Å². The lowest BCUT2D eigenvalue weighted by Gasteiger charge is -2.31. The van der Waals surface area contributed by atoms with Gasteiger partial charge in [0, 0.05) is 25.5 Å². The molecule has 4 heterocycles. The Bertz CT molecular complexity index is 917. The average molecular weight is 395 g/mol. The second-order valence-corrected chi connectivity index (χ2v) is 8.26. The Kier molecular flexibility index (Phi) is 5.83. The SMILES string of the molecule is CNCC1CCN(c2ncc(-c3cccc(Nc4cc(C)ccn4)n3)s2)CC1. The number of nitrogens with zero attached hydrogens (tertiary/aromatic N) is 4. The zero-order chi connectivity index (χ0) is 19.3. The van der Waals surface area contributed by atoms with E-state index in [0.717, 1.165) is 52.9 Å². The molecule has 1 aliphatic rings. The number of nitrogens with one attached hydrogen (secondary N) is 2. The van der Waals surface area contributed by atoms with Crippen LogP contribution in [0.15, 0.2) is 42.7 Å². The molecule has 1 aliphatic heterocycles. The molecule has 146 valence electrons. The minimum Gasteiger partial charge on any atom is -0.348 e. The molecular weight excluding hydrogens is 368 g/mol. The molecule has 0 spiro atoms. The highest BCUT2D eigenvalue weighted by molar-refractivity contribution is 7.18. The van der Waals surface area contributed by atoms with Gasteiger partial charge in [-0.1, -0.05) is 17.4 Å². The molecule has 0 aromatic carbocycles. The van der Waals surface area contributed by atoms with Gasteiger partial charge in [0.05, 0.1) is 10.6 Å². The normalized spacial score (nSPS) is 15.0. The van der Waals surface area contributed by atoms with Crippen molar-refractivity contribution in [3.63, 3.8) is 0 Å². The fourth-order valence-corrected chi connectivity index (χ4v) is 4.46. The molecule has 28 heavy (non-hydrogen) atoms. The molecule has 3 aromatic heterocycles. The maximum absolute atomic E-state index is 4.76. The summed E-state index contributed by atoms with van der Waals surface area (Å²) in [7, 11) is 2.03. The van der Waals surface area contributed by atoms with Crippen LogP contribution in [-0.4, -0.2) is 41.6 Å². The highest BCUT2D eigenvalue weighted by atomic mass is 32.1. The molecular formula is C21H26N6S. The van der Waals surface area contributed by atoms with E-state index in [9.17, 15) is 0 Å². The molecule has 6 nitrogen and oxygen atoms in total. The van der Waals surface area contributed by atoms with Crippen molar-refractivity contribution in [3.05, 3.63) is 48.3 Å². The number of anilines is 3. The molecule has 0 aliphatic carbocycles. The predicted octanol–water partition coefficient (Wildman–Crippen LogP) is 4.09. The fourth-order valence-electron chi connectivity index (χ4n) is 3.52. The molecule has 0 amide bonds. The van der Waals surface area contributed by atoms with Crippen LogP contribution in [0, 0.1) is 12.8 Å². The van der Waals surface area contributed by atoms with Gasteiger partial charge in [0.1, 0.15) is 11.6 Å². The quantitative estimate of drug-likeness (QED) is 0.656. The topological polar surface area (TPSA) is 66.0 Å². The maximum atomic E-state index is 4.76. The fraction of sp³-hybridized carbons (Fsp3) is 0.381. The Morgan fingerprint density at radius 1 is 1.14 bits per heavy atom. The van der Waals surface area contributed by atoms with Crippen LogP contribution in [0.5, 0.6) is 0 Å². The minimum absolute atomic E-state index is 0.778. The van der Waals surface area contributed by atoms with Gasteiger partial charge in [0.15, 0.2) is 5.13 Å². The number of hydrogen-bond donors (Lipinski definition) is 2. The molecule has 0 bridgehead atoms. The molecule has 1 fully saturated rings. The van der Waals surface area contributed by atoms with Crippen LogP contribution in [0.25, 0.3) is 10.6 Å². The van der Waals surface area contributed by atoms with Crippen molar-refractivity contribution in [1.82, 2.24) is 20.3 Å². The van der Waals surface area contributed by atoms with Crippen LogP contribution in [0.1, 0.15) is 18.4 Å². The third kappa shape index (κ3) is 4.48. The zero-order valence-electron chi connectivity index (χ0n) is 16.4. The van der Waals surface area contributed by atoms with Crippen molar-refractivity contribution in [2.75, 3.05) is 36.9 Å². The summed E-state index contributed by atoms with van der Waals surface area (Å²) in [6.45, 7) is 5.31. The Labute approximate surface area is 170 Å². The van der Waals surface area contributed by atoms with Gasteiger partial charge in [-0.25, -0.2) is 15.0 Å². The first-order valence-corrected chi connectivity index (χ1v) is 10.6. The molecule has 0 atom stereocenters. The van der Waals surface area contributed by atoms with Gasteiger partial charge in [-0.3, -0.25) is 0 Å². The molecule has 4 rings (SSSR count). The van der Waals surface area contributed by atoms with Crippen molar-refractivity contribution in [1.29, 1.82) is 0 Å². The first-order valence-electron chi connectivity index (χ1n) is 9.74. The van der Waals surface area contributed by atoms with Gasteiger partial charge in [0.2, 0.25) is 0 Å². The Morgan fingerprint density at radius 2 is 2.00 bits per heavy atom. The number of aromatic nitrogens is 3. The lowest BCUT2D eigenvalue weighted by molar-refractivity contribution is 0.393. The van der Waals surface area contributed by atoms with Gasteiger partial charge in [0.25, 0.3) is 0 Å². The number of piperidine rings is 1. The van der Waals surface area contributed by atoms with Crippen LogP contribution in [0.3, 0.4) is 0 Å². The van der Waals surface area contributed by atoms with Crippen molar-refractivity contribution < 1.29 is 0 Å². The van der Waals surface area contributed by atoms with Crippen LogP contribution in [0.2, 0.25) is 0 Å². The van der Waals surface area contributed by atoms with Gasteiger partial charge < -0.3 is 15.5 Å². The molecule has 2 N–H and O–H groups in total. The smallest absolute Gasteiger partial charge is 0.185 e. The molecule has 0 saturated carbocycles. The van der Waals surface area contributed by atoms with Crippen molar-refractivity contribution in [2.24, 2.45) is 5.92 Å². The van der Waals surface area contributed by atoms with Crippen LogP contribution >= 0.6 is 11.3 Å². The van der Waals surface area contributed by atoms with E-state index in [1.165, 1.54) is 18.4 Å². The van der Waals surface area contributed by atoms with Crippen LogP contribution in [0.4, 0.5) is 16.8 Å². The van der Waals surface area contributed by atoms with Crippen LogP contribution in [-0.2, 0) is 0 Å². The first kappa shape index (κ1) is 18.8. The largest absolute Gasteiger partial charge is 0.348 e. The number of pyridine rings is 2. The lowest BCUT2D eigenvalue weighted by atomic mass is 9.97. The molecule has 7 heteroatoms. The molecule has 0 radical (unpaired) electrons. The highest BCUT2D eigenvalue weighted by Crippen LogP contribution is 2.32. The summed E-state index contributed by atoms with van der Waals surface area (Å²) in [5.41, 5.74) is 2.10. The van der Waals surface area contributed by atoms with E-state index in [-0.39, 0.29) is 0 Å². The first-order chi connectivity index (χ1) is 13.7. The second kappa shape index (κ2) is 8.67. The van der Waals surface area contributed by atoms with Crippen molar-refractivity contribution >= 4 is 28.1 Å². The van der Waals surface area contributed by atoms with E-state index < -0.39 is 0 Å². The van der Waals surface area contributed by atoms with Gasteiger partial charge in [-0.15, -0.1) is 0 Å². The Balaban J connectivity index is 1.45. The Morgan fingerprint density at radius 3 is 2.79 bits per heavy atom. The lowest BCUT2D eigenvalue weighted by Crippen LogP contribution is -2.36. The van der Waals surface area contributed by atoms with Crippen molar-refractivity contribution in [2.45, 2.75) is 19.8 Å². The highest BCUT2D eigenvalue weighted by Gasteiger charge is 2.21. The monoisotopic (exact) mass is 394 g/mol. The predicted molar refractivity (Wildman–Crippen MR) is 116 cm³/mol. The summed E-state index contributed by atoms with van der Waals surface area (Å²) in [5, 5.41) is 7.68. The third-order valence-corrected chi connectivity index (χ3v) is 6.13. The second-order valence-electron chi connectivity index (χ2n) is 7.25. The third-order valence-electron chi connectivity index (χ3n) is 5.04. The molecule has 0 unspecified atom stereocenters. The number of thiazole rings is 1. The Hall–Kier alpha value is -2.51. The van der Waals surface area contributed by atoms with E-state index in [1.54, 1.807) is 17.5 Å². The maximum Gasteiger partial charge on any atom is 0.185 e. The molecule has 3 aromatic rings. The van der Waals surface area contributed by atoms with E-state index >= 15 is 0 Å². The van der Waals surface area contributed by atoms with E-state index in [1.807, 2.05) is 43.6 Å². The summed E-state index contributed by atoms with van der Waals surface area (Å²) in [5.74, 6) is 2.37. The van der Waals surface area contributed by atoms with E-state index in [2.05, 4.69) is 32.4 Å². The van der Waals surface area contributed by atoms with Crippen LogP contribution < -0.4 is 15.5 Å². The summed E-state index contributed by atoms with van der Waals surface area (Å²) in [6, 6.07) is 10.0. The standard InChI is InChI=1S/C21H26N6S/c1-15-6-9-23-20(12-15)26-19-5-3-4-17(25-19)18-14-24-21(28-18)27-10-7-16(8-11-27)13-22-2/h3-6,9,12,14,16,22H,7-8,10-11,13H2,1-2H3,(H,23,25,26). The van der Waals surface area contributed by atoms with Gasteiger partial charge >= 0.3 is 0 Å². The van der Waals surface area contributed by atoms with E-state index in [4.69, 9.17) is 4.98 Å². The summed E-state index contributed by atoms with van der Waals surface area (Å²) in [4.78, 5) is 17.3. The summed E-state index contributed by atoms with van der Waals surface area (Å²) in [6.07, 6.45) is 6.18. The number of aryl methyl sites for hydroxylation is 1. The average Bonchev–Trinajstić information content (AvgIpc) is 3.19. The van der Waals surface area contributed by atoms with Crippen molar-refractivity contribution in [3.8, 4) is 10.6 Å². The summed E-state index contributed by atoms with van der Waals surface area (Å²) < 4.78 is 0. The summed E-state index contributed by atoms with van der Waals surface area (Å²) >= 11 is 1.72. The number of hydrogen-bond acceptors (Lipinski definition) is 7. The molecule has 1 saturated heterocycles. The number of rotatable bonds is 6. The van der Waals surface area contributed by atoms with Gasteiger partial charge in [-0.05, 0) is 69.1 Å². The minimum atomic E-state index is 0.778. The van der Waals surface area contributed by atoms with E-state index in [0.29, 0.717) is 0 Å².